The third-order valence-electron chi connectivity index (χ3n) is 9.62. The summed E-state index contributed by atoms with van der Waals surface area (Å²) in [6.45, 7) is 2.30. The van der Waals surface area contributed by atoms with Gasteiger partial charge in [0.25, 0.3) is 0 Å². The molecule has 0 unspecified atom stereocenters. The maximum absolute atomic E-state index is 2.40. The van der Waals surface area contributed by atoms with E-state index in [1.165, 1.54) is 93.5 Å². The first-order valence-electron chi connectivity index (χ1n) is 15.6. The lowest BCUT2D eigenvalue weighted by atomic mass is 9.84. The molecule has 1 aliphatic rings. The van der Waals surface area contributed by atoms with Crippen molar-refractivity contribution in [2.24, 2.45) is 0 Å². The quantitative estimate of drug-likeness (QED) is 0.201. The van der Waals surface area contributed by atoms with Crippen LogP contribution in [0.25, 0.3) is 88.0 Å². The third-order valence-corrected chi connectivity index (χ3v) is 9.62. The Balaban J connectivity index is 1.37. The molecule has 206 valence electrons. The lowest BCUT2D eigenvalue weighted by molar-refractivity contribution is 1.16. The van der Waals surface area contributed by atoms with Gasteiger partial charge in [0.05, 0.1) is 0 Å². The van der Waals surface area contributed by atoms with Gasteiger partial charge in [-0.25, -0.2) is 0 Å². The average molecular weight is 559 g/mol. The highest BCUT2D eigenvalue weighted by atomic mass is 14.3. The smallest absolute Gasteiger partial charge is 0.00109 e. The van der Waals surface area contributed by atoms with E-state index in [4.69, 9.17) is 0 Å². The molecule has 0 aliphatic heterocycles. The van der Waals surface area contributed by atoms with Gasteiger partial charge in [-0.15, -0.1) is 0 Å². The molecule has 9 rings (SSSR count). The molecule has 0 saturated heterocycles. The van der Waals surface area contributed by atoms with E-state index in [1.54, 1.807) is 0 Å². The number of hydrogen-bond acceptors (Lipinski definition) is 0. The lowest BCUT2D eigenvalue weighted by Crippen LogP contribution is -1.95. The monoisotopic (exact) mass is 558 g/mol. The predicted octanol–water partition coefficient (Wildman–Crippen LogP) is 12.4. The van der Waals surface area contributed by atoms with Crippen LogP contribution in [0.2, 0.25) is 0 Å². The minimum atomic E-state index is 0.987. The Kier molecular flexibility index (Phi) is 5.58. The maximum atomic E-state index is 2.40. The highest BCUT2D eigenvalue weighted by Gasteiger charge is 2.30. The number of benzene rings is 8. The molecule has 1 aliphatic carbocycles. The molecule has 0 radical (unpaired) electrons. The van der Waals surface area contributed by atoms with Gasteiger partial charge >= 0.3 is 0 Å². The van der Waals surface area contributed by atoms with Gasteiger partial charge in [0.1, 0.15) is 0 Å². The van der Waals surface area contributed by atoms with Gasteiger partial charge in [-0.1, -0.05) is 159 Å². The molecule has 0 N–H and O–H groups in total. The largest absolute Gasteiger partial charge is 0.0622 e. The first kappa shape index (κ1) is 25.1. The molecule has 0 nitrogen and oxygen atoms in total. The van der Waals surface area contributed by atoms with Crippen molar-refractivity contribution in [1.82, 2.24) is 0 Å². The van der Waals surface area contributed by atoms with Crippen molar-refractivity contribution < 1.29 is 0 Å². The molecule has 0 fully saturated rings. The second kappa shape index (κ2) is 9.79. The fourth-order valence-electron chi connectivity index (χ4n) is 7.81. The van der Waals surface area contributed by atoms with E-state index in [-0.39, 0.29) is 0 Å². The van der Waals surface area contributed by atoms with Crippen LogP contribution >= 0.6 is 0 Å². The zero-order valence-corrected chi connectivity index (χ0v) is 24.6. The lowest BCUT2D eigenvalue weighted by Gasteiger charge is -2.19. The van der Waals surface area contributed by atoms with Crippen molar-refractivity contribution in [2.75, 3.05) is 0 Å². The maximum Gasteiger partial charge on any atom is -0.00109 e. The van der Waals surface area contributed by atoms with Crippen molar-refractivity contribution in [3.63, 3.8) is 0 Å². The Morgan fingerprint density at radius 1 is 0.318 bits per heavy atom. The summed E-state index contributed by atoms with van der Waals surface area (Å²) in [5.74, 6) is 0. The van der Waals surface area contributed by atoms with Crippen LogP contribution in [0, 0.1) is 0 Å². The summed E-state index contributed by atoms with van der Waals surface area (Å²) in [6, 6.07) is 55.9. The first-order chi connectivity index (χ1) is 21.8. The highest BCUT2D eigenvalue weighted by Crippen LogP contribution is 2.56. The first-order valence-corrected chi connectivity index (χ1v) is 15.6. The second-order valence-corrected chi connectivity index (χ2v) is 11.8. The van der Waals surface area contributed by atoms with Gasteiger partial charge in [0.15, 0.2) is 0 Å². The Hall–Kier alpha value is -5.46. The van der Waals surface area contributed by atoms with E-state index in [1.807, 2.05) is 0 Å². The summed E-state index contributed by atoms with van der Waals surface area (Å²) in [4.78, 5) is 0. The van der Waals surface area contributed by atoms with Crippen LogP contribution < -0.4 is 0 Å². The van der Waals surface area contributed by atoms with Gasteiger partial charge < -0.3 is 0 Å². The van der Waals surface area contributed by atoms with Gasteiger partial charge in [0.2, 0.25) is 0 Å². The van der Waals surface area contributed by atoms with E-state index in [2.05, 4.69) is 159 Å². The molecule has 0 heteroatoms. The fraction of sp³-hybridized carbons (Fsp3) is 0.0455. The Morgan fingerprint density at radius 2 is 0.818 bits per heavy atom. The summed E-state index contributed by atoms with van der Waals surface area (Å²) >= 11 is 0. The number of fused-ring (bicyclic) bond motifs is 5. The van der Waals surface area contributed by atoms with Crippen molar-refractivity contribution in [3.8, 4) is 55.6 Å². The van der Waals surface area contributed by atoms with Crippen LogP contribution in [0.1, 0.15) is 12.5 Å². The minimum Gasteiger partial charge on any atom is -0.0622 e. The summed E-state index contributed by atoms with van der Waals surface area (Å²) in [7, 11) is 0. The second-order valence-electron chi connectivity index (χ2n) is 11.8. The minimum absolute atomic E-state index is 0.987. The van der Waals surface area contributed by atoms with Crippen molar-refractivity contribution in [3.05, 3.63) is 157 Å². The summed E-state index contributed by atoms with van der Waals surface area (Å²) < 4.78 is 0. The van der Waals surface area contributed by atoms with Crippen LogP contribution in [0.15, 0.2) is 152 Å². The normalized spacial score (nSPS) is 11.8. The zero-order chi connectivity index (χ0) is 29.2. The molecule has 0 amide bonds. The highest BCUT2D eigenvalue weighted by molar-refractivity contribution is 6.26. The van der Waals surface area contributed by atoms with E-state index >= 15 is 0 Å². The van der Waals surface area contributed by atoms with Gasteiger partial charge in [-0.3, -0.25) is 0 Å². The van der Waals surface area contributed by atoms with E-state index in [0.29, 0.717) is 0 Å². The van der Waals surface area contributed by atoms with E-state index in [9.17, 15) is 0 Å². The van der Waals surface area contributed by atoms with E-state index < -0.39 is 0 Å². The average Bonchev–Trinajstić information content (AvgIpc) is 3.43. The SMILES string of the molecule is CCc1c2c(c(-c3ccccc3)c3ccccc13)-c1ccc(-c3ccc(-c4ccccc4)c4ccccc34)c3cccc-2c13. The van der Waals surface area contributed by atoms with E-state index in [0.717, 1.165) is 6.42 Å². The number of aryl methyl sites for hydroxylation is 1. The van der Waals surface area contributed by atoms with Crippen LogP contribution in [-0.2, 0) is 6.42 Å². The number of rotatable bonds is 4. The molecule has 0 heterocycles. The summed E-state index contributed by atoms with van der Waals surface area (Å²) in [6.07, 6.45) is 0.987. The van der Waals surface area contributed by atoms with Crippen molar-refractivity contribution in [2.45, 2.75) is 13.3 Å². The van der Waals surface area contributed by atoms with Crippen molar-refractivity contribution in [1.29, 1.82) is 0 Å². The Labute approximate surface area is 257 Å². The molecule has 0 atom stereocenters. The fourth-order valence-corrected chi connectivity index (χ4v) is 7.81. The zero-order valence-electron chi connectivity index (χ0n) is 24.6. The van der Waals surface area contributed by atoms with Crippen LogP contribution in [0.4, 0.5) is 0 Å². The predicted molar refractivity (Wildman–Crippen MR) is 189 cm³/mol. The van der Waals surface area contributed by atoms with Crippen LogP contribution in [0.5, 0.6) is 0 Å². The van der Waals surface area contributed by atoms with Crippen molar-refractivity contribution >= 4 is 32.3 Å². The number of hydrogen-bond donors (Lipinski definition) is 0. The van der Waals surface area contributed by atoms with Crippen LogP contribution in [-0.4, -0.2) is 0 Å². The molecule has 0 spiro atoms. The van der Waals surface area contributed by atoms with Gasteiger partial charge in [-0.2, -0.15) is 0 Å². The molecule has 8 aromatic carbocycles. The van der Waals surface area contributed by atoms with Gasteiger partial charge in [0, 0.05) is 0 Å². The molecule has 0 aromatic heterocycles. The molecule has 44 heavy (non-hydrogen) atoms. The standard InChI is InChI=1S/C44H30/c1-2-30-32-18-11-12-21-37(32)41(29-16-7-4-8-17-29)44-40-27-26-36(38-22-13-23-39(42(38)40)43(30)44)35-25-24-31(28-14-5-3-6-15-28)33-19-9-10-20-34(33)35/h3-27H,2H2,1H3. The molecular weight excluding hydrogens is 528 g/mol. The molecule has 0 bridgehead atoms. The molecule has 0 saturated carbocycles. The summed E-state index contributed by atoms with van der Waals surface area (Å²) in [5.41, 5.74) is 14.7. The third kappa shape index (κ3) is 3.52. The summed E-state index contributed by atoms with van der Waals surface area (Å²) in [5, 5.41) is 7.96. The molecule has 8 aromatic rings. The van der Waals surface area contributed by atoms with Crippen LogP contribution in [0.3, 0.4) is 0 Å². The molecular formula is C44H30. The van der Waals surface area contributed by atoms with Gasteiger partial charge in [-0.05, 0) is 99.9 Å². The Morgan fingerprint density at radius 3 is 1.52 bits per heavy atom. The Bertz CT molecular complexity index is 2400. The topological polar surface area (TPSA) is 0 Å².